The van der Waals surface area contributed by atoms with E-state index in [-0.39, 0.29) is 5.90 Å². The molecule has 0 amide bonds. The van der Waals surface area contributed by atoms with Gasteiger partial charge >= 0.3 is 0 Å². The Bertz CT molecular complexity index is 534. The monoisotopic (exact) mass is 215 g/mol. The number of benzene rings is 2. The maximum absolute atomic E-state index is 7.73. The standard InChI is InChI=1S/C13H13NO2/c1-15-12-8-7-11(13(14)16-2)9-5-3-4-6-10(9)12/h3-8,14H,1-2H3. The summed E-state index contributed by atoms with van der Waals surface area (Å²) in [5, 5.41) is 9.68. The molecule has 0 radical (unpaired) electrons. The molecule has 2 rings (SSSR count). The van der Waals surface area contributed by atoms with Crippen LogP contribution in [0.15, 0.2) is 36.4 Å². The van der Waals surface area contributed by atoms with E-state index in [1.54, 1.807) is 7.11 Å². The van der Waals surface area contributed by atoms with Crippen LogP contribution in [-0.4, -0.2) is 20.1 Å². The zero-order chi connectivity index (χ0) is 11.5. The Morgan fingerprint density at radius 2 is 1.69 bits per heavy atom. The van der Waals surface area contributed by atoms with Crippen LogP contribution >= 0.6 is 0 Å². The first-order valence-corrected chi connectivity index (χ1v) is 4.96. The van der Waals surface area contributed by atoms with Gasteiger partial charge in [-0.05, 0) is 17.5 Å². The van der Waals surface area contributed by atoms with Gasteiger partial charge in [0.15, 0.2) is 0 Å². The summed E-state index contributed by atoms with van der Waals surface area (Å²) in [6, 6.07) is 11.5. The second-order valence-corrected chi connectivity index (χ2v) is 3.39. The molecule has 0 spiro atoms. The SMILES string of the molecule is COC(=N)c1ccc(OC)c2ccccc12. The lowest BCUT2D eigenvalue weighted by Crippen LogP contribution is -2.02. The first-order valence-electron chi connectivity index (χ1n) is 4.96. The Morgan fingerprint density at radius 1 is 1.00 bits per heavy atom. The van der Waals surface area contributed by atoms with Crippen molar-refractivity contribution >= 4 is 16.7 Å². The van der Waals surface area contributed by atoms with E-state index in [1.165, 1.54) is 7.11 Å². The fourth-order valence-corrected chi connectivity index (χ4v) is 1.76. The van der Waals surface area contributed by atoms with E-state index in [9.17, 15) is 0 Å². The quantitative estimate of drug-likeness (QED) is 0.618. The molecule has 0 aliphatic carbocycles. The van der Waals surface area contributed by atoms with E-state index in [0.29, 0.717) is 0 Å². The maximum Gasteiger partial charge on any atom is 0.213 e. The minimum atomic E-state index is 0.166. The van der Waals surface area contributed by atoms with Crippen LogP contribution in [0.25, 0.3) is 10.8 Å². The van der Waals surface area contributed by atoms with Gasteiger partial charge in [0.2, 0.25) is 5.90 Å². The van der Waals surface area contributed by atoms with Gasteiger partial charge in [0, 0.05) is 10.9 Å². The number of hydrogen-bond acceptors (Lipinski definition) is 3. The third kappa shape index (κ3) is 1.60. The molecule has 82 valence electrons. The molecule has 0 aromatic heterocycles. The molecule has 0 unspecified atom stereocenters. The van der Waals surface area contributed by atoms with Gasteiger partial charge in [-0.2, -0.15) is 0 Å². The summed E-state index contributed by atoms with van der Waals surface area (Å²) in [7, 11) is 3.14. The van der Waals surface area contributed by atoms with Crippen LogP contribution in [0.2, 0.25) is 0 Å². The molecule has 0 heterocycles. The number of fused-ring (bicyclic) bond motifs is 1. The van der Waals surface area contributed by atoms with Gasteiger partial charge in [-0.15, -0.1) is 0 Å². The lowest BCUT2D eigenvalue weighted by atomic mass is 10.0. The molecule has 0 saturated heterocycles. The van der Waals surface area contributed by atoms with Crippen molar-refractivity contribution in [3.8, 4) is 5.75 Å². The lowest BCUT2D eigenvalue weighted by molar-refractivity contribution is 0.401. The molecular weight excluding hydrogens is 202 g/mol. The summed E-state index contributed by atoms with van der Waals surface area (Å²) in [6.45, 7) is 0. The number of methoxy groups -OCH3 is 2. The summed E-state index contributed by atoms with van der Waals surface area (Å²) < 4.78 is 10.2. The van der Waals surface area contributed by atoms with E-state index in [1.807, 2.05) is 36.4 Å². The highest BCUT2D eigenvalue weighted by Gasteiger charge is 2.09. The Labute approximate surface area is 94.1 Å². The zero-order valence-corrected chi connectivity index (χ0v) is 9.28. The molecule has 0 atom stereocenters. The minimum Gasteiger partial charge on any atom is -0.496 e. The largest absolute Gasteiger partial charge is 0.496 e. The highest BCUT2D eigenvalue weighted by atomic mass is 16.5. The first kappa shape index (κ1) is 10.5. The summed E-state index contributed by atoms with van der Waals surface area (Å²) in [6.07, 6.45) is 0. The number of hydrogen-bond donors (Lipinski definition) is 1. The molecule has 1 N–H and O–H groups in total. The van der Waals surface area contributed by atoms with Crippen molar-refractivity contribution in [3.63, 3.8) is 0 Å². The first-order chi connectivity index (χ1) is 7.77. The van der Waals surface area contributed by atoms with Gasteiger partial charge in [0.1, 0.15) is 5.75 Å². The zero-order valence-electron chi connectivity index (χ0n) is 9.28. The highest BCUT2D eigenvalue weighted by Crippen LogP contribution is 2.28. The lowest BCUT2D eigenvalue weighted by Gasteiger charge is -2.10. The maximum atomic E-state index is 7.73. The Kier molecular flexibility index (Phi) is 2.77. The molecule has 3 heteroatoms. The Morgan fingerprint density at radius 3 is 2.31 bits per heavy atom. The van der Waals surface area contributed by atoms with Gasteiger partial charge in [0.25, 0.3) is 0 Å². The third-order valence-corrected chi connectivity index (χ3v) is 2.55. The fraction of sp³-hybridized carbons (Fsp3) is 0.154. The van der Waals surface area contributed by atoms with Crippen LogP contribution in [0.1, 0.15) is 5.56 Å². The van der Waals surface area contributed by atoms with Crippen LogP contribution < -0.4 is 4.74 Å². The second kappa shape index (κ2) is 4.23. The summed E-state index contributed by atoms with van der Waals surface area (Å²) in [5.41, 5.74) is 0.777. The van der Waals surface area contributed by atoms with E-state index in [0.717, 1.165) is 22.1 Å². The van der Waals surface area contributed by atoms with Crippen molar-refractivity contribution in [2.75, 3.05) is 14.2 Å². The van der Waals surface area contributed by atoms with Crippen molar-refractivity contribution in [1.29, 1.82) is 5.41 Å². The topological polar surface area (TPSA) is 42.3 Å². The number of rotatable bonds is 2. The van der Waals surface area contributed by atoms with Crippen molar-refractivity contribution < 1.29 is 9.47 Å². The fourth-order valence-electron chi connectivity index (χ4n) is 1.76. The van der Waals surface area contributed by atoms with Gasteiger partial charge in [0.05, 0.1) is 14.2 Å². The van der Waals surface area contributed by atoms with Crippen molar-refractivity contribution in [2.24, 2.45) is 0 Å². The third-order valence-electron chi connectivity index (χ3n) is 2.55. The van der Waals surface area contributed by atoms with E-state index >= 15 is 0 Å². The van der Waals surface area contributed by atoms with Crippen molar-refractivity contribution in [3.05, 3.63) is 42.0 Å². The van der Waals surface area contributed by atoms with E-state index in [2.05, 4.69) is 0 Å². The molecule has 16 heavy (non-hydrogen) atoms. The number of ether oxygens (including phenoxy) is 2. The Hall–Kier alpha value is -2.03. The molecule has 0 bridgehead atoms. The second-order valence-electron chi connectivity index (χ2n) is 3.39. The molecule has 0 fully saturated rings. The van der Waals surface area contributed by atoms with Crippen LogP contribution in [0, 0.1) is 5.41 Å². The molecule has 2 aromatic carbocycles. The van der Waals surface area contributed by atoms with Gasteiger partial charge < -0.3 is 9.47 Å². The van der Waals surface area contributed by atoms with E-state index in [4.69, 9.17) is 14.9 Å². The molecule has 0 aliphatic heterocycles. The van der Waals surface area contributed by atoms with Crippen LogP contribution in [0.3, 0.4) is 0 Å². The van der Waals surface area contributed by atoms with Crippen LogP contribution in [0.5, 0.6) is 5.75 Å². The molecular formula is C13H13NO2. The van der Waals surface area contributed by atoms with Crippen molar-refractivity contribution in [2.45, 2.75) is 0 Å². The molecule has 2 aromatic rings. The minimum absolute atomic E-state index is 0.166. The average Bonchev–Trinajstić information content (AvgIpc) is 2.36. The predicted octanol–water partition coefficient (Wildman–Crippen LogP) is 2.82. The smallest absolute Gasteiger partial charge is 0.213 e. The predicted molar refractivity (Wildman–Crippen MR) is 64.3 cm³/mol. The summed E-state index contributed by atoms with van der Waals surface area (Å²) in [5.74, 6) is 0.974. The normalized spacial score (nSPS) is 10.1. The van der Waals surface area contributed by atoms with Gasteiger partial charge in [-0.25, -0.2) is 0 Å². The summed E-state index contributed by atoms with van der Waals surface area (Å²) in [4.78, 5) is 0. The Balaban J connectivity index is 2.74. The summed E-state index contributed by atoms with van der Waals surface area (Å²) >= 11 is 0. The molecule has 0 saturated carbocycles. The van der Waals surface area contributed by atoms with E-state index < -0.39 is 0 Å². The van der Waals surface area contributed by atoms with Gasteiger partial charge in [-0.1, -0.05) is 24.3 Å². The van der Waals surface area contributed by atoms with Crippen LogP contribution in [-0.2, 0) is 4.74 Å². The molecule has 0 aliphatic rings. The van der Waals surface area contributed by atoms with Crippen molar-refractivity contribution in [1.82, 2.24) is 0 Å². The molecule has 3 nitrogen and oxygen atoms in total. The van der Waals surface area contributed by atoms with Gasteiger partial charge in [-0.3, -0.25) is 5.41 Å². The van der Waals surface area contributed by atoms with Crippen LogP contribution in [0.4, 0.5) is 0 Å². The average molecular weight is 215 g/mol. The number of nitrogens with one attached hydrogen (secondary N) is 1. The highest BCUT2D eigenvalue weighted by molar-refractivity contribution is 6.07.